The Labute approximate surface area is 266 Å². The number of carbonyl (C=O) groups is 2. The highest BCUT2D eigenvalue weighted by Gasteiger charge is 2.60. The Morgan fingerprint density at radius 1 is 1.07 bits per heavy atom. The van der Waals surface area contributed by atoms with Crippen molar-refractivity contribution in [3.8, 4) is 23.8 Å². The van der Waals surface area contributed by atoms with Gasteiger partial charge in [0.15, 0.2) is 11.5 Å². The van der Waals surface area contributed by atoms with Crippen molar-refractivity contribution in [1.29, 1.82) is 0 Å². The van der Waals surface area contributed by atoms with E-state index in [1.807, 2.05) is 51.1 Å². The summed E-state index contributed by atoms with van der Waals surface area (Å²) >= 11 is 0. The summed E-state index contributed by atoms with van der Waals surface area (Å²) in [6.45, 7) is 8.41. The zero-order valence-electron chi connectivity index (χ0n) is 26.3. The Bertz CT molecular complexity index is 1520. The lowest BCUT2D eigenvalue weighted by molar-refractivity contribution is -0.130. The van der Waals surface area contributed by atoms with Crippen molar-refractivity contribution in [1.82, 2.24) is 19.8 Å². The Morgan fingerprint density at radius 2 is 1.78 bits per heavy atom. The van der Waals surface area contributed by atoms with Crippen molar-refractivity contribution in [3.63, 3.8) is 0 Å². The maximum Gasteiger partial charge on any atom is 0.244 e. The van der Waals surface area contributed by atoms with Gasteiger partial charge in [0.25, 0.3) is 0 Å². The van der Waals surface area contributed by atoms with Crippen LogP contribution < -0.4 is 20.1 Å². The minimum Gasteiger partial charge on any atom is -0.454 e. The highest BCUT2D eigenvalue weighted by Crippen LogP contribution is 2.56. The molecule has 1 aliphatic carbocycles. The van der Waals surface area contributed by atoms with Crippen LogP contribution >= 0.6 is 0 Å². The van der Waals surface area contributed by atoms with Gasteiger partial charge in [-0.2, -0.15) is 4.31 Å². The third kappa shape index (κ3) is 7.46. The Balaban J connectivity index is 1.38. The molecule has 5 rings (SSSR count). The number of nitrogens with one attached hydrogen (secondary N) is 2. The van der Waals surface area contributed by atoms with E-state index in [2.05, 4.69) is 21.5 Å². The van der Waals surface area contributed by atoms with Crippen molar-refractivity contribution in [2.24, 2.45) is 11.8 Å². The minimum absolute atomic E-state index is 0.0291. The number of hydrogen-bond acceptors (Lipinski definition) is 7. The number of carbonyl (C=O) groups excluding carboxylic acids is 2. The van der Waals surface area contributed by atoms with E-state index in [1.165, 1.54) is 16.4 Å². The first-order chi connectivity index (χ1) is 21.5. The van der Waals surface area contributed by atoms with E-state index >= 15 is 0 Å². The van der Waals surface area contributed by atoms with Gasteiger partial charge in [0.1, 0.15) is 6.04 Å². The third-order valence-corrected chi connectivity index (χ3v) is 10.8. The standard InChI is InChI=1S/C34H44N4O6S/c1-5-11-29(35-32(39)22-37-16-9-10-17-37)33(40)36-34(19-28(34)26-12-7-6-8-13-26)25(4)21-38(20-24(2)3)45(41,42)27-14-15-30-31(18-27)44-23-43-30/h1,6-8,12-15,18,24-25,28-29H,9-11,16-17,19-23H2,2-4H3,(H,35,39)(H,36,40)/t25-,28?,29+,34?/m1/s1. The molecule has 0 bridgehead atoms. The largest absolute Gasteiger partial charge is 0.454 e. The molecule has 2 aromatic rings. The highest BCUT2D eigenvalue weighted by molar-refractivity contribution is 7.89. The monoisotopic (exact) mass is 636 g/mol. The average Bonchev–Trinajstić information content (AvgIpc) is 3.30. The maximum absolute atomic E-state index is 14.0. The van der Waals surface area contributed by atoms with Crippen LogP contribution in [-0.2, 0) is 19.6 Å². The summed E-state index contributed by atoms with van der Waals surface area (Å²) in [5.74, 6) is 2.61. The quantitative estimate of drug-likeness (QED) is 0.306. The normalized spacial score (nSPS) is 22.2. The molecule has 4 atom stereocenters. The first kappa shape index (κ1) is 32.8. The molecule has 0 spiro atoms. The number of hydrogen-bond donors (Lipinski definition) is 2. The van der Waals surface area contributed by atoms with Crippen LogP contribution in [0.5, 0.6) is 11.5 Å². The number of sulfonamides is 1. The van der Waals surface area contributed by atoms with Gasteiger partial charge in [-0.1, -0.05) is 51.1 Å². The van der Waals surface area contributed by atoms with Gasteiger partial charge < -0.3 is 20.1 Å². The van der Waals surface area contributed by atoms with Gasteiger partial charge in [-0.15, -0.1) is 12.3 Å². The molecule has 45 heavy (non-hydrogen) atoms. The van der Waals surface area contributed by atoms with Crippen LogP contribution in [0.25, 0.3) is 0 Å². The molecule has 2 heterocycles. The molecule has 1 saturated carbocycles. The Kier molecular flexibility index (Phi) is 10.1. The Morgan fingerprint density at radius 3 is 2.47 bits per heavy atom. The van der Waals surface area contributed by atoms with Crippen LogP contribution in [0, 0.1) is 24.2 Å². The predicted molar refractivity (Wildman–Crippen MR) is 171 cm³/mol. The lowest BCUT2D eigenvalue weighted by Crippen LogP contribution is -2.55. The first-order valence-corrected chi connectivity index (χ1v) is 17.2. The molecule has 2 amide bonds. The summed E-state index contributed by atoms with van der Waals surface area (Å²) in [4.78, 5) is 28.9. The van der Waals surface area contributed by atoms with Crippen molar-refractivity contribution < 1.29 is 27.5 Å². The van der Waals surface area contributed by atoms with Crippen molar-refractivity contribution in [3.05, 3.63) is 54.1 Å². The minimum atomic E-state index is -3.91. The van der Waals surface area contributed by atoms with E-state index in [0.29, 0.717) is 24.5 Å². The number of rotatable bonds is 14. The number of ether oxygens (including phenoxy) is 2. The van der Waals surface area contributed by atoms with Gasteiger partial charge in [0, 0.05) is 31.5 Å². The molecular weight excluding hydrogens is 592 g/mol. The summed E-state index contributed by atoms with van der Waals surface area (Å²) in [6, 6.07) is 13.7. The molecule has 0 radical (unpaired) electrons. The molecule has 2 aromatic carbocycles. The smallest absolute Gasteiger partial charge is 0.244 e. The summed E-state index contributed by atoms with van der Waals surface area (Å²) in [6.07, 6.45) is 8.43. The molecule has 242 valence electrons. The zero-order chi connectivity index (χ0) is 32.2. The van der Waals surface area contributed by atoms with Gasteiger partial charge in [0.05, 0.1) is 17.0 Å². The second-order valence-corrected chi connectivity index (χ2v) is 14.8. The van der Waals surface area contributed by atoms with Crippen LogP contribution in [0.3, 0.4) is 0 Å². The van der Waals surface area contributed by atoms with E-state index in [1.54, 1.807) is 6.07 Å². The molecular formula is C34H44N4O6S. The maximum atomic E-state index is 14.0. The summed E-state index contributed by atoms with van der Waals surface area (Å²) < 4.78 is 40.4. The fourth-order valence-corrected chi connectivity index (χ4v) is 8.25. The SMILES string of the molecule is C#CC[C@H](NC(=O)CN1CCCC1)C(=O)NC1([C@H](C)CN(CC(C)C)S(=O)(=O)c2ccc3c(c2)OCO3)CC1c1ccccc1. The van der Waals surface area contributed by atoms with Crippen LogP contribution in [0.4, 0.5) is 0 Å². The zero-order valence-corrected chi connectivity index (χ0v) is 27.1. The van der Waals surface area contributed by atoms with E-state index in [-0.39, 0.29) is 60.8 Å². The predicted octanol–water partition coefficient (Wildman–Crippen LogP) is 3.34. The second-order valence-electron chi connectivity index (χ2n) is 12.8. The van der Waals surface area contributed by atoms with Crippen LogP contribution in [0.2, 0.25) is 0 Å². The number of amides is 2. The van der Waals surface area contributed by atoms with Gasteiger partial charge in [-0.3, -0.25) is 14.5 Å². The average molecular weight is 637 g/mol. The number of likely N-dealkylation sites (tertiary alicyclic amines) is 1. The van der Waals surface area contributed by atoms with Gasteiger partial charge >= 0.3 is 0 Å². The lowest BCUT2D eigenvalue weighted by Gasteiger charge is -2.33. The molecule has 10 nitrogen and oxygen atoms in total. The van der Waals surface area contributed by atoms with E-state index in [0.717, 1.165) is 31.5 Å². The van der Waals surface area contributed by atoms with E-state index in [9.17, 15) is 18.0 Å². The summed E-state index contributed by atoms with van der Waals surface area (Å²) in [7, 11) is -3.91. The number of nitrogens with zero attached hydrogens (tertiary/aromatic N) is 2. The van der Waals surface area contributed by atoms with Crippen LogP contribution in [0.15, 0.2) is 53.4 Å². The molecule has 2 aliphatic heterocycles. The topological polar surface area (TPSA) is 117 Å². The van der Waals surface area contributed by atoms with Gasteiger partial charge in [-0.05, 0) is 61.9 Å². The van der Waals surface area contributed by atoms with Gasteiger partial charge in [0.2, 0.25) is 28.6 Å². The third-order valence-electron chi connectivity index (χ3n) is 9.01. The van der Waals surface area contributed by atoms with E-state index in [4.69, 9.17) is 15.9 Å². The van der Waals surface area contributed by atoms with Crippen LogP contribution in [-0.4, -0.2) is 80.5 Å². The second kappa shape index (κ2) is 13.8. The molecule has 1 saturated heterocycles. The number of terminal acetylenes is 1. The molecule has 3 aliphatic rings. The molecule has 2 unspecified atom stereocenters. The first-order valence-electron chi connectivity index (χ1n) is 15.8. The van der Waals surface area contributed by atoms with E-state index < -0.39 is 21.6 Å². The lowest BCUT2D eigenvalue weighted by atomic mass is 9.93. The van der Waals surface area contributed by atoms with Gasteiger partial charge in [-0.25, -0.2) is 8.42 Å². The highest BCUT2D eigenvalue weighted by atomic mass is 32.2. The number of fused-ring (bicyclic) bond motifs is 1. The van der Waals surface area contributed by atoms with Crippen molar-refractivity contribution in [2.75, 3.05) is 39.5 Å². The molecule has 11 heteroatoms. The molecule has 0 aromatic heterocycles. The molecule has 2 fully saturated rings. The fraction of sp³-hybridized carbons (Fsp3) is 0.529. The summed E-state index contributed by atoms with van der Waals surface area (Å²) in [5, 5.41) is 6.12. The van der Waals surface area contributed by atoms with Crippen molar-refractivity contribution in [2.45, 2.75) is 68.8 Å². The molecule has 2 N–H and O–H groups in total. The van der Waals surface area contributed by atoms with Crippen LogP contribution in [0.1, 0.15) is 57.9 Å². The number of benzene rings is 2. The van der Waals surface area contributed by atoms with Crippen molar-refractivity contribution >= 4 is 21.8 Å². The Hall–Kier alpha value is -3.59. The summed E-state index contributed by atoms with van der Waals surface area (Å²) in [5.41, 5.74) is 0.329. The fourth-order valence-electron chi connectivity index (χ4n) is 6.55.